The number of carboxylic acid groups (broad SMARTS) is 1. The zero-order chi connectivity index (χ0) is 13.5. The molecule has 0 bridgehead atoms. The average molecular weight is 257 g/mol. The van der Waals surface area contributed by atoms with Crippen LogP contribution in [0, 0.1) is 11.8 Å². The number of carboxylic acids is 1. The minimum Gasteiger partial charge on any atom is -0.481 e. The number of rotatable bonds is 6. The van der Waals surface area contributed by atoms with Gasteiger partial charge in [-0.25, -0.2) is 0 Å². The largest absolute Gasteiger partial charge is 0.481 e. The van der Waals surface area contributed by atoms with E-state index in [0.29, 0.717) is 19.3 Å². The quantitative estimate of drug-likeness (QED) is 0.666. The molecule has 3 atom stereocenters. The summed E-state index contributed by atoms with van der Waals surface area (Å²) in [5, 5.41) is 21.3. The monoisotopic (exact) mass is 257 g/mol. The van der Waals surface area contributed by atoms with Crippen molar-refractivity contribution in [3.63, 3.8) is 0 Å². The molecular formula is C13H23NO4. The van der Waals surface area contributed by atoms with Crippen LogP contribution in [0.3, 0.4) is 0 Å². The number of hydrogen-bond donors (Lipinski definition) is 3. The van der Waals surface area contributed by atoms with Gasteiger partial charge in [0, 0.05) is 6.54 Å². The summed E-state index contributed by atoms with van der Waals surface area (Å²) in [5.41, 5.74) is 0. The second-order valence-corrected chi connectivity index (χ2v) is 5.02. The third-order valence-corrected chi connectivity index (χ3v) is 3.55. The molecule has 3 N–H and O–H groups in total. The van der Waals surface area contributed by atoms with Crippen LogP contribution in [0.4, 0.5) is 0 Å². The van der Waals surface area contributed by atoms with Gasteiger partial charge < -0.3 is 15.5 Å². The van der Waals surface area contributed by atoms with Gasteiger partial charge in [0.2, 0.25) is 5.91 Å². The van der Waals surface area contributed by atoms with E-state index in [1.807, 2.05) is 6.92 Å². The highest BCUT2D eigenvalue weighted by Crippen LogP contribution is 2.30. The van der Waals surface area contributed by atoms with Gasteiger partial charge >= 0.3 is 5.97 Å². The van der Waals surface area contributed by atoms with Crippen molar-refractivity contribution < 1.29 is 19.8 Å². The highest BCUT2D eigenvalue weighted by molar-refractivity contribution is 5.84. The van der Waals surface area contributed by atoms with Crippen LogP contribution in [-0.2, 0) is 9.59 Å². The van der Waals surface area contributed by atoms with Crippen molar-refractivity contribution in [2.45, 2.75) is 51.6 Å². The molecular weight excluding hydrogens is 234 g/mol. The maximum absolute atomic E-state index is 11.9. The van der Waals surface area contributed by atoms with E-state index >= 15 is 0 Å². The Morgan fingerprint density at radius 1 is 1.28 bits per heavy atom. The second-order valence-electron chi connectivity index (χ2n) is 5.02. The summed E-state index contributed by atoms with van der Waals surface area (Å²) >= 11 is 0. The van der Waals surface area contributed by atoms with Crippen LogP contribution in [-0.4, -0.2) is 34.7 Å². The fraction of sp³-hybridized carbons (Fsp3) is 0.846. The van der Waals surface area contributed by atoms with Crippen molar-refractivity contribution in [3.8, 4) is 0 Å². The predicted octanol–water partition coefficient (Wildman–Crippen LogP) is 1.15. The van der Waals surface area contributed by atoms with Gasteiger partial charge in [0.05, 0.1) is 17.9 Å². The molecule has 0 aromatic carbocycles. The summed E-state index contributed by atoms with van der Waals surface area (Å²) in [6.45, 7) is 2.18. The minimum absolute atomic E-state index is 0.218. The third kappa shape index (κ3) is 4.29. The number of nitrogens with one attached hydrogen (secondary N) is 1. The molecule has 5 heteroatoms. The van der Waals surface area contributed by atoms with Crippen LogP contribution in [0.2, 0.25) is 0 Å². The Morgan fingerprint density at radius 3 is 2.44 bits per heavy atom. The Morgan fingerprint density at radius 2 is 1.89 bits per heavy atom. The lowest BCUT2D eigenvalue weighted by molar-refractivity contribution is -0.149. The van der Waals surface area contributed by atoms with Crippen molar-refractivity contribution >= 4 is 11.9 Å². The van der Waals surface area contributed by atoms with Gasteiger partial charge in [0.25, 0.3) is 0 Å². The second kappa shape index (κ2) is 7.36. The Kier molecular flexibility index (Phi) is 6.12. The molecule has 1 aliphatic carbocycles. The SMILES string of the molecule is CCCC(O)CNC(=O)[C@@H]1CCCC[C@@H]1C(=O)O. The summed E-state index contributed by atoms with van der Waals surface area (Å²) < 4.78 is 0. The number of carbonyl (C=O) groups excluding carboxylic acids is 1. The predicted molar refractivity (Wildman–Crippen MR) is 67.0 cm³/mol. The zero-order valence-corrected chi connectivity index (χ0v) is 10.9. The van der Waals surface area contributed by atoms with Crippen LogP contribution < -0.4 is 5.32 Å². The van der Waals surface area contributed by atoms with E-state index < -0.39 is 23.9 Å². The first kappa shape index (κ1) is 15.0. The molecule has 18 heavy (non-hydrogen) atoms. The molecule has 0 saturated heterocycles. The van der Waals surface area contributed by atoms with Gasteiger partial charge in [0.1, 0.15) is 0 Å². The smallest absolute Gasteiger partial charge is 0.307 e. The number of hydrogen-bond acceptors (Lipinski definition) is 3. The Bertz CT molecular complexity index is 293. The minimum atomic E-state index is -0.885. The molecule has 0 radical (unpaired) electrons. The number of aliphatic hydroxyl groups is 1. The van der Waals surface area contributed by atoms with E-state index in [4.69, 9.17) is 5.11 Å². The van der Waals surface area contributed by atoms with Gasteiger partial charge in [0.15, 0.2) is 0 Å². The first-order chi connectivity index (χ1) is 8.56. The van der Waals surface area contributed by atoms with Gasteiger partial charge in [-0.1, -0.05) is 26.2 Å². The fourth-order valence-electron chi connectivity index (χ4n) is 2.53. The molecule has 0 heterocycles. The maximum atomic E-state index is 11.9. The standard InChI is InChI=1S/C13H23NO4/c1-2-5-9(15)8-14-12(16)10-6-3-4-7-11(10)13(17)18/h9-11,15H,2-8H2,1H3,(H,14,16)(H,17,18)/t9?,10-,11+/m1/s1. The number of carbonyl (C=O) groups is 2. The lowest BCUT2D eigenvalue weighted by Crippen LogP contribution is -2.42. The van der Waals surface area contributed by atoms with Crippen LogP contribution in [0.1, 0.15) is 45.4 Å². The molecule has 1 unspecified atom stereocenters. The molecule has 1 rings (SSSR count). The fourth-order valence-corrected chi connectivity index (χ4v) is 2.53. The molecule has 0 aromatic rings. The highest BCUT2D eigenvalue weighted by atomic mass is 16.4. The molecule has 1 amide bonds. The molecule has 1 fully saturated rings. The van der Waals surface area contributed by atoms with Crippen LogP contribution in [0.25, 0.3) is 0 Å². The average Bonchev–Trinajstić information content (AvgIpc) is 2.36. The number of aliphatic carboxylic acids is 1. The molecule has 104 valence electrons. The van der Waals surface area contributed by atoms with Crippen LogP contribution in [0.5, 0.6) is 0 Å². The first-order valence-electron chi connectivity index (χ1n) is 6.74. The molecule has 5 nitrogen and oxygen atoms in total. The van der Waals surface area contributed by atoms with Gasteiger partial charge in [-0.3, -0.25) is 9.59 Å². The molecule has 0 aromatic heterocycles. The summed E-state index contributed by atoms with van der Waals surface area (Å²) in [4.78, 5) is 23.0. The number of amides is 1. The Hall–Kier alpha value is -1.10. The van der Waals surface area contributed by atoms with Crippen molar-refractivity contribution in [2.24, 2.45) is 11.8 Å². The molecule has 1 aliphatic rings. The van der Waals surface area contributed by atoms with Gasteiger partial charge in [-0.05, 0) is 19.3 Å². The van der Waals surface area contributed by atoms with E-state index in [1.54, 1.807) is 0 Å². The molecule has 0 aliphatic heterocycles. The van der Waals surface area contributed by atoms with Gasteiger partial charge in [-0.15, -0.1) is 0 Å². The number of aliphatic hydroxyl groups excluding tert-OH is 1. The van der Waals surface area contributed by atoms with E-state index in [0.717, 1.165) is 19.3 Å². The Balaban J connectivity index is 2.45. The maximum Gasteiger partial charge on any atom is 0.307 e. The summed E-state index contributed by atoms with van der Waals surface area (Å²) in [5.74, 6) is -2.12. The summed E-state index contributed by atoms with van der Waals surface area (Å²) in [6.07, 6.45) is 3.95. The molecule has 0 spiro atoms. The van der Waals surface area contributed by atoms with Gasteiger partial charge in [-0.2, -0.15) is 0 Å². The zero-order valence-electron chi connectivity index (χ0n) is 10.9. The van der Waals surface area contributed by atoms with E-state index in [2.05, 4.69) is 5.32 Å². The highest BCUT2D eigenvalue weighted by Gasteiger charge is 2.35. The normalized spacial score (nSPS) is 25.4. The van der Waals surface area contributed by atoms with Crippen molar-refractivity contribution in [3.05, 3.63) is 0 Å². The van der Waals surface area contributed by atoms with Crippen LogP contribution in [0.15, 0.2) is 0 Å². The lowest BCUT2D eigenvalue weighted by atomic mass is 9.78. The van der Waals surface area contributed by atoms with Crippen molar-refractivity contribution in [1.29, 1.82) is 0 Å². The molecule has 1 saturated carbocycles. The van der Waals surface area contributed by atoms with E-state index in [-0.39, 0.29) is 12.5 Å². The van der Waals surface area contributed by atoms with Crippen molar-refractivity contribution in [1.82, 2.24) is 5.32 Å². The van der Waals surface area contributed by atoms with Crippen molar-refractivity contribution in [2.75, 3.05) is 6.54 Å². The summed E-state index contributed by atoms with van der Waals surface area (Å²) in [6, 6.07) is 0. The third-order valence-electron chi connectivity index (χ3n) is 3.55. The summed E-state index contributed by atoms with van der Waals surface area (Å²) in [7, 11) is 0. The topological polar surface area (TPSA) is 86.6 Å². The van der Waals surface area contributed by atoms with E-state index in [1.165, 1.54) is 0 Å². The lowest BCUT2D eigenvalue weighted by Gasteiger charge is -2.27. The van der Waals surface area contributed by atoms with Crippen LogP contribution >= 0.6 is 0 Å². The Labute approximate surface area is 108 Å². The first-order valence-corrected chi connectivity index (χ1v) is 6.74. The van der Waals surface area contributed by atoms with E-state index in [9.17, 15) is 14.7 Å².